The van der Waals surface area contributed by atoms with Crippen LogP contribution in [0.25, 0.3) is 0 Å². The summed E-state index contributed by atoms with van der Waals surface area (Å²) in [5.41, 5.74) is 4.37. The number of nitriles is 1. The number of benzene rings is 2. The van der Waals surface area contributed by atoms with Crippen molar-refractivity contribution in [3.05, 3.63) is 51.5 Å². The second kappa shape index (κ2) is 8.42. The standard InChI is InChI=1S/C16H13BrClN3O2/c1-22-15-8-11(12(17)9-16(15)23-7-6-19)10-20-21-14-5-3-2-4-13(14)18/h2-5,8-10,21H,7H2,1H3/b20-10-. The highest BCUT2D eigenvalue weighted by atomic mass is 79.9. The van der Waals surface area contributed by atoms with Gasteiger partial charge in [-0.25, -0.2) is 0 Å². The van der Waals surface area contributed by atoms with Crippen LogP contribution in [0.4, 0.5) is 5.69 Å². The Kier molecular flexibility index (Phi) is 6.27. The first-order chi connectivity index (χ1) is 11.2. The Bertz CT molecular complexity index is 759. The molecule has 0 spiro atoms. The van der Waals surface area contributed by atoms with Crippen LogP contribution in [-0.2, 0) is 0 Å². The molecule has 0 aliphatic rings. The summed E-state index contributed by atoms with van der Waals surface area (Å²) in [7, 11) is 1.53. The summed E-state index contributed by atoms with van der Waals surface area (Å²) >= 11 is 9.49. The molecule has 23 heavy (non-hydrogen) atoms. The number of rotatable bonds is 6. The molecule has 7 heteroatoms. The summed E-state index contributed by atoms with van der Waals surface area (Å²) in [6.07, 6.45) is 1.63. The van der Waals surface area contributed by atoms with E-state index in [-0.39, 0.29) is 6.61 Å². The van der Waals surface area contributed by atoms with Crippen LogP contribution >= 0.6 is 27.5 Å². The Morgan fingerprint density at radius 1 is 1.35 bits per heavy atom. The average molecular weight is 395 g/mol. The van der Waals surface area contributed by atoms with E-state index in [9.17, 15) is 0 Å². The van der Waals surface area contributed by atoms with Crippen LogP contribution in [-0.4, -0.2) is 19.9 Å². The highest BCUT2D eigenvalue weighted by Gasteiger charge is 2.09. The third-order valence-electron chi connectivity index (χ3n) is 2.84. The van der Waals surface area contributed by atoms with E-state index in [0.717, 1.165) is 10.0 Å². The van der Waals surface area contributed by atoms with Gasteiger partial charge in [0.15, 0.2) is 18.1 Å². The third kappa shape index (κ3) is 4.62. The Balaban J connectivity index is 2.18. The zero-order valence-corrected chi connectivity index (χ0v) is 14.6. The molecule has 0 bridgehead atoms. The van der Waals surface area contributed by atoms with Crippen molar-refractivity contribution in [3.63, 3.8) is 0 Å². The van der Waals surface area contributed by atoms with Crippen LogP contribution in [0, 0.1) is 11.3 Å². The van der Waals surface area contributed by atoms with Gasteiger partial charge in [-0.2, -0.15) is 10.4 Å². The van der Waals surface area contributed by atoms with Gasteiger partial charge >= 0.3 is 0 Å². The summed E-state index contributed by atoms with van der Waals surface area (Å²) in [5.74, 6) is 1.000. The number of halogens is 2. The minimum atomic E-state index is -0.0513. The molecule has 0 aromatic heterocycles. The lowest BCUT2D eigenvalue weighted by Crippen LogP contribution is -1.99. The molecular formula is C16H13BrClN3O2. The highest BCUT2D eigenvalue weighted by Crippen LogP contribution is 2.33. The molecule has 5 nitrogen and oxygen atoms in total. The number of anilines is 1. The fourth-order valence-corrected chi connectivity index (χ4v) is 2.36. The zero-order chi connectivity index (χ0) is 16.7. The number of ether oxygens (including phenoxy) is 2. The molecule has 0 unspecified atom stereocenters. The molecule has 0 radical (unpaired) electrons. The van der Waals surface area contributed by atoms with E-state index < -0.39 is 0 Å². The van der Waals surface area contributed by atoms with Crippen molar-refractivity contribution in [2.45, 2.75) is 0 Å². The molecule has 1 N–H and O–H groups in total. The van der Waals surface area contributed by atoms with Crippen molar-refractivity contribution in [3.8, 4) is 17.6 Å². The molecule has 0 saturated carbocycles. The third-order valence-corrected chi connectivity index (χ3v) is 3.85. The average Bonchev–Trinajstić information content (AvgIpc) is 2.56. The normalized spacial score (nSPS) is 10.3. The Labute approximate surface area is 147 Å². The van der Waals surface area contributed by atoms with Gasteiger partial charge in [0.1, 0.15) is 6.07 Å². The first-order valence-corrected chi connectivity index (χ1v) is 7.73. The molecule has 0 atom stereocenters. The number of hydrogen-bond donors (Lipinski definition) is 1. The van der Waals surface area contributed by atoms with Crippen LogP contribution in [0.5, 0.6) is 11.5 Å². The van der Waals surface area contributed by atoms with E-state index in [2.05, 4.69) is 26.5 Å². The van der Waals surface area contributed by atoms with E-state index in [1.807, 2.05) is 24.3 Å². The van der Waals surface area contributed by atoms with Crippen molar-refractivity contribution in [2.24, 2.45) is 5.10 Å². The molecule has 0 fully saturated rings. The molecule has 0 aliphatic heterocycles. The van der Waals surface area contributed by atoms with Gasteiger partial charge in [-0.1, -0.05) is 23.7 Å². The van der Waals surface area contributed by atoms with Gasteiger partial charge in [-0.05, 0) is 40.2 Å². The Morgan fingerprint density at radius 3 is 2.83 bits per heavy atom. The molecule has 0 amide bonds. The fraction of sp³-hybridized carbons (Fsp3) is 0.125. The minimum Gasteiger partial charge on any atom is -0.493 e. The van der Waals surface area contributed by atoms with Crippen molar-refractivity contribution in [1.82, 2.24) is 0 Å². The number of hydrogen-bond acceptors (Lipinski definition) is 5. The lowest BCUT2D eigenvalue weighted by molar-refractivity contribution is 0.329. The highest BCUT2D eigenvalue weighted by molar-refractivity contribution is 9.10. The van der Waals surface area contributed by atoms with Gasteiger partial charge in [0, 0.05) is 10.0 Å². The molecule has 2 rings (SSSR count). The monoisotopic (exact) mass is 393 g/mol. The van der Waals surface area contributed by atoms with Crippen molar-refractivity contribution in [1.29, 1.82) is 5.26 Å². The van der Waals surface area contributed by atoms with Gasteiger partial charge in [0.05, 0.1) is 24.0 Å². The number of methoxy groups -OCH3 is 1. The Hall–Kier alpha value is -2.23. The number of nitrogens with zero attached hydrogens (tertiary/aromatic N) is 2. The maximum Gasteiger partial charge on any atom is 0.174 e. The van der Waals surface area contributed by atoms with Crippen molar-refractivity contribution < 1.29 is 9.47 Å². The first kappa shape index (κ1) is 17.1. The molecule has 118 valence electrons. The summed E-state index contributed by atoms with van der Waals surface area (Å²) in [6, 6.07) is 12.7. The van der Waals surface area contributed by atoms with E-state index in [0.29, 0.717) is 22.2 Å². The minimum absolute atomic E-state index is 0.0513. The molecule has 0 aliphatic carbocycles. The van der Waals surface area contributed by atoms with Crippen LogP contribution in [0.2, 0.25) is 5.02 Å². The van der Waals surface area contributed by atoms with E-state index in [4.69, 9.17) is 26.3 Å². The van der Waals surface area contributed by atoms with Crippen LogP contribution in [0.15, 0.2) is 46.0 Å². The van der Waals surface area contributed by atoms with Crippen molar-refractivity contribution >= 4 is 39.4 Å². The molecular weight excluding hydrogens is 382 g/mol. The SMILES string of the molecule is COc1cc(/C=N\Nc2ccccc2Cl)c(Br)cc1OCC#N. The van der Waals surface area contributed by atoms with Gasteiger partial charge in [0.2, 0.25) is 0 Å². The van der Waals surface area contributed by atoms with E-state index >= 15 is 0 Å². The Morgan fingerprint density at radius 2 is 2.13 bits per heavy atom. The largest absolute Gasteiger partial charge is 0.493 e. The van der Waals surface area contributed by atoms with E-state index in [1.165, 1.54) is 7.11 Å². The topological polar surface area (TPSA) is 66.6 Å². The van der Waals surface area contributed by atoms with Crippen LogP contribution in [0.3, 0.4) is 0 Å². The number of hydrazone groups is 1. The summed E-state index contributed by atoms with van der Waals surface area (Å²) in [6.45, 7) is -0.0513. The predicted molar refractivity (Wildman–Crippen MR) is 94.5 cm³/mol. The molecule has 0 heterocycles. The maximum atomic E-state index is 8.59. The fourth-order valence-electron chi connectivity index (χ4n) is 1.76. The lowest BCUT2D eigenvalue weighted by atomic mass is 10.2. The summed E-state index contributed by atoms with van der Waals surface area (Å²) in [4.78, 5) is 0. The smallest absolute Gasteiger partial charge is 0.174 e. The quantitative estimate of drug-likeness (QED) is 0.580. The van der Waals surface area contributed by atoms with Crippen molar-refractivity contribution in [2.75, 3.05) is 19.1 Å². The van der Waals surface area contributed by atoms with Gasteiger partial charge in [0.25, 0.3) is 0 Å². The summed E-state index contributed by atoms with van der Waals surface area (Å²) < 4.78 is 11.3. The van der Waals surface area contributed by atoms with Gasteiger partial charge in [-0.3, -0.25) is 5.43 Å². The van der Waals surface area contributed by atoms with Gasteiger partial charge < -0.3 is 9.47 Å². The van der Waals surface area contributed by atoms with E-state index in [1.54, 1.807) is 24.4 Å². The number of nitrogens with one attached hydrogen (secondary N) is 1. The predicted octanol–water partition coefficient (Wildman–Crippen LogP) is 4.46. The van der Waals surface area contributed by atoms with Gasteiger partial charge in [-0.15, -0.1) is 0 Å². The molecule has 2 aromatic rings. The molecule has 0 saturated heterocycles. The number of para-hydroxylation sites is 1. The maximum absolute atomic E-state index is 8.59. The lowest BCUT2D eigenvalue weighted by Gasteiger charge is -2.10. The van der Waals surface area contributed by atoms with Crippen LogP contribution < -0.4 is 14.9 Å². The van der Waals surface area contributed by atoms with Crippen LogP contribution in [0.1, 0.15) is 5.56 Å². The molecule has 2 aromatic carbocycles. The second-order valence-corrected chi connectivity index (χ2v) is 5.58. The summed E-state index contributed by atoms with van der Waals surface area (Å²) in [5, 5.41) is 13.3. The zero-order valence-electron chi connectivity index (χ0n) is 12.2. The second-order valence-electron chi connectivity index (χ2n) is 4.32. The first-order valence-electron chi connectivity index (χ1n) is 6.56.